The van der Waals surface area contributed by atoms with Gasteiger partial charge in [0.25, 0.3) is 0 Å². The molecular formula is C11H15N3O. The second-order valence-corrected chi connectivity index (χ2v) is 3.32. The van der Waals surface area contributed by atoms with E-state index in [1.54, 1.807) is 12.1 Å². The highest BCUT2D eigenvalue weighted by Gasteiger charge is 2.05. The Labute approximate surface area is 89.0 Å². The number of nitrogens with two attached hydrogens (primary N) is 1. The molecule has 0 unspecified atom stereocenters. The molecule has 0 aromatic heterocycles. The zero-order valence-corrected chi connectivity index (χ0v) is 8.92. The summed E-state index contributed by atoms with van der Waals surface area (Å²) in [5, 5.41) is 10.0. The molecule has 0 fully saturated rings. The molecule has 0 radical (unpaired) electrons. The van der Waals surface area contributed by atoms with Crippen molar-refractivity contribution >= 4 is 17.4 Å². The molecular weight excluding hydrogens is 190 g/mol. The second-order valence-electron chi connectivity index (χ2n) is 3.32. The maximum atomic E-state index is 10.9. The fourth-order valence-electron chi connectivity index (χ4n) is 1.37. The van der Waals surface area contributed by atoms with Crippen LogP contribution in [0.2, 0.25) is 0 Å². The van der Waals surface area contributed by atoms with E-state index in [0.29, 0.717) is 5.56 Å². The molecule has 0 aliphatic rings. The van der Waals surface area contributed by atoms with Crippen LogP contribution in [0, 0.1) is 5.41 Å². The number of anilines is 1. The lowest BCUT2D eigenvalue weighted by atomic mass is 10.1. The third-order valence-corrected chi connectivity index (χ3v) is 2.11. The van der Waals surface area contributed by atoms with Crippen molar-refractivity contribution in [2.45, 2.75) is 20.3 Å². The number of hydrogen-bond donors (Lipinski definition) is 3. The van der Waals surface area contributed by atoms with E-state index in [4.69, 9.17) is 11.1 Å². The molecule has 0 saturated carbocycles. The number of carbonyl (C=O) groups is 1. The molecule has 0 heterocycles. The largest absolute Gasteiger partial charge is 0.384 e. The summed E-state index contributed by atoms with van der Waals surface area (Å²) in [6, 6.07) is 5.33. The minimum absolute atomic E-state index is 0.0408. The van der Waals surface area contributed by atoms with Crippen molar-refractivity contribution in [1.82, 2.24) is 0 Å². The van der Waals surface area contributed by atoms with E-state index in [-0.39, 0.29) is 11.7 Å². The molecule has 0 aliphatic heterocycles. The fourth-order valence-corrected chi connectivity index (χ4v) is 1.37. The number of amides is 1. The van der Waals surface area contributed by atoms with Gasteiger partial charge in [0.05, 0.1) is 0 Å². The van der Waals surface area contributed by atoms with Gasteiger partial charge in [0.2, 0.25) is 5.91 Å². The topological polar surface area (TPSA) is 79.0 Å². The number of carbonyl (C=O) groups excluding carboxylic acids is 1. The zero-order valence-electron chi connectivity index (χ0n) is 8.92. The van der Waals surface area contributed by atoms with Gasteiger partial charge in [-0.15, -0.1) is 0 Å². The van der Waals surface area contributed by atoms with Gasteiger partial charge in [0, 0.05) is 18.2 Å². The lowest BCUT2D eigenvalue weighted by Gasteiger charge is -2.09. The Hall–Kier alpha value is -1.84. The standard InChI is InChI=1S/C11H15N3O/c1-3-8-6-9(11(12)13)4-5-10(8)14-7(2)15/h4-6H,3H2,1-2H3,(H3,12,13)(H,14,15). The van der Waals surface area contributed by atoms with E-state index in [1.165, 1.54) is 6.92 Å². The predicted molar refractivity (Wildman–Crippen MR) is 61.1 cm³/mol. The summed E-state index contributed by atoms with van der Waals surface area (Å²) < 4.78 is 0. The summed E-state index contributed by atoms with van der Waals surface area (Å²) in [6.07, 6.45) is 0.788. The maximum absolute atomic E-state index is 10.9. The molecule has 0 saturated heterocycles. The highest BCUT2D eigenvalue weighted by Crippen LogP contribution is 2.18. The van der Waals surface area contributed by atoms with E-state index < -0.39 is 0 Å². The summed E-state index contributed by atoms with van der Waals surface area (Å²) in [5.41, 5.74) is 7.84. The Balaban J connectivity index is 3.08. The van der Waals surface area contributed by atoms with Crippen molar-refractivity contribution < 1.29 is 4.79 Å². The number of nitrogens with one attached hydrogen (secondary N) is 2. The van der Waals surface area contributed by atoms with Gasteiger partial charge in [-0.1, -0.05) is 6.92 Å². The highest BCUT2D eigenvalue weighted by atomic mass is 16.1. The Morgan fingerprint density at radius 3 is 2.67 bits per heavy atom. The molecule has 0 spiro atoms. The molecule has 1 rings (SSSR count). The molecule has 0 bridgehead atoms. The molecule has 4 nitrogen and oxygen atoms in total. The first-order chi connectivity index (χ1) is 7.04. The van der Waals surface area contributed by atoms with Crippen LogP contribution >= 0.6 is 0 Å². The van der Waals surface area contributed by atoms with Crippen LogP contribution < -0.4 is 11.1 Å². The van der Waals surface area contributed by atoms with E-state index in [1.807, 2.05) is 13.0 Å². The zero-order chi connectivity index (χ0) is 11.4. The van der Waals surface area contributed by atoms with Crippen LogP contribution in [-0.4, -0.2) is 11.7 Å². The summed E-state index contributed by atoms with van der Waals surface area (Å²) in [5.74, 6) is -0.0562. The number of hydrogen-bond acceptors (Lipinski definition) is 2. The predicted octanol–water partition coefficient (Wildman–Crippen LogP) is 1.49. The van der Waals surface area contributed by atoms with Crippen LogP contribution in [-0.2, 0) is 11.2 Å². The minimum atomic E-state index is -0.0970. The van der Waals surface area contributed by atoms with Crippen LogP contribution in [0.3, 0.4) is 0 Å². The SMILES string of the molecule is CCc1cc(C(=N)N)ccc1NC(C)=O. The van der Waals surface area contributed by atoms with E-state index in [0.717, 1.165) is 17.7 Å². The molecule has 1 aromatic carbocycles. The Bertz CT molecular complexity index is 399. The third-order valence-electron chi connectivity index (χ3n) is 2.11. The van der Waals surface area contributed by atoms with Gasteiger partial charge in [-0.25, -0.2) is 0 Å². The van der Waals surface area contributed by atoms with Gasteiger partial charge in [-0.3, -0.25) is 10.2 Å². The molecule has 0 atom stereocenters. The second kappa shape index (κ2) is 4.59. The number of nitrogen functional groups attached to an aromatic ring is 1. The van der Waals surface area contributed by atoms with Crippen LogP contribution in [0.1, 0.15) is 25.0 Å². The average molecular weight is 205 g/mol. The van der Waals surface area contributed by atoms with Gasteiger partial charge in [-0.05, 0) is 30.2 Å². The lowest BCUT2D eigenvalue weighted by molar-refractivity contribution is -0.114. The molecule has 4 N–H and O–H groups in total. The number of aryl methyl sites for hydroxylation is 1. The van der Waals surface area contributed by atoms with Crippen LogP contribution in [0.4, 0.5) is 5.69 Å². The molecule has 1 amide bonds. The fraction of sp³-hybridized carbons (Fsp3) is 0.273. The summed E-state index contributed by atoms with van der Waals surface area (Å²) in [6.45, 7) is 3.46. The van der Waals surface area contributed by atoms with E-state index in [9.17, 15) is 4.79 Å². The van der Waals surface area contributed by atoms with Gasteiger partial charge < -0.3 is 11.1 Å². The van der Waals surface area contributed by atoms with E-state index in [2.05, 4.69) is 5.32 Å². The van der Waals surface area contributed by atoms with Gasteiger partial charge in [0.15, 0.2) is 0 Å². The smallest absolute Gasteiger partial charge is 0.221 e. The molecule has 15 heavy (non-hydrogen) atoms. The number of amidine groups is 1. The minimum Gasteiger partial charge on any atom is -0.384 e. The highest BCUT2D eigenvalue weighted by molar-refractivity contribution is 5.96. The maximum Gasteiger partial charge on any atom is 0.221 e. The monoisotopic (exact) mass is 205 g/mol. The number of benzene rings is 1. The molecule has 4 heteroatoms. The van der Waals surface area contributed by atoms with Gasteiger partial charge in [-0.2, -0.15) is 0 Å². The normalized spacial score (nSPS) is 9.73. The van der Waals surface area contributed by atoms with Gasteiger partial charge >= 0.3 is 0 Å². The van der Waals surface area contributed by atoms with Crippen LogP contribution in [0.15, 0.2) is 18.2 Å². The van der Waals surface area contributed by atoms with Crippen LogP contribution in [0.5, 0.6) is 0 Å². The van der Waals surface area contributed by atoms with Crippen molar-refractivity contribution in [3.05, 3.63) is 29.3 Å². The van der Waals surface area contributed by atoms with Crippen LogP contribution in [0.25, 0.3) is 0 Å². The summed E-state index contributed by atoms with van der Waals surface area (Å²) >= 11 is 0. The summed E-state index contributed by atoms with van der Waals surface area (Å²) in [4.78, 5) is 10.9. The first kappa shape index (κ1) is 11.2. The Morgan fingerprint density at radius 1 is 1.53 bits per heavy atom. The average Bonchev–Trinajstić information content (AvgIpc) is 2.17. The first-order valence-corrected chi connectivity index (χ1v) is 4.79. The van der Waals surface area contributed by atoms with Crippen molar-refractivity contribution in [2.75, 3.05) is 5.32 Å². The Kier molecular flexibility index (Phi) is 3.44. The summed E-state index contributed by atoms with van der Waals surface area (Å²) in [7, 11) is 0. The quantitative estimate of drug-likeness (QED) is 0.516. The molecule has 1 aromatic rings. The third kappa shape index (κ3) is 2.80. The van der Waals surface area contributed by atoms with Crippen molar-refractivity contribution in [3.63, 3.8) is 0 Å². The van der Waals surface area contributed by atoms with Gasteiger partial charge in [0.1, 0.15) is 5.84 Å². The Morgan fingerprint density at radius 2 is 2.20 bits per heavy atom. The van der Waals surface area contributed by atoms with Crippen molar-refractivity contribution in [3.8, 4) is 0 Å². The first-order valence-electron chi connectivity index (χ1n) is 4.79. The van der Waals surface area contributed by atoms with Crippen molar-refractivity contribution in [2.24, 2.45) is 5.73 Å². The van der Waals surface area contributed by atoms with E-state index >= 15 is 0 Å². The van der Waals surface area contributed by atoms with Crippen molar-refractivity contribution in [1.29, 1.82) is 5.41 Å². The number of rotatable bonds is 3. The lowest BCUT2D eigenvalue weighted by Crippen LogP contribution is -2.13. The molecule has 0 aliphatic carbocycles. The molecule has 80 valence electrons.